The summed E-state index contributed by atoms with van der Waals surface area (Å²) in [6.45, 7) is 1.70. The molecule has 0 fully saturated rings. The summed E-state index contributed by atoms with van der Waals surface area (Å²) in [7, 11) is 0. The fourth-order valence-electron chi connectivity index (χ4n) is 2.25. The van der Waals surface area contributed by atoms with Gasteiger partial charge in [-0.2, -0.15) is 13.2 Å². The van der Waals surface area contributed by atoms with Crippen LogP contribution >= 0.6 is 0 Å². The lowest BCUT2D eigenvalue weighted by Crippen LogP contribution is -2.31. The number of furan rings is 1. The fraction of sp³-hybridized carbons (Fsp3) is 0.385. The summed E-state index contributed by atoms with van der Waals surface area (Å²) in [6.07, 6.45) is -0.987. The van der Waals surface area contributed by atoms with E-state index in [0.717, 1.165) is 17.9 Å². The molecule has 0 saturated carbocycles. The maximum Gasteiger partial charge on any atom is 0.451 e. The van der Waals surface area contributed by atoms with E-state index in [9.17, 15) is 13.2 Å². The van der Waals surface area contributed by atoms with Gasteiger partial charge in [0.15, 0.2) is 0 Å². The minimum Gasteiger partial charge on any atom is -0.468 e. The third kappa shape index (κ3) is 2.67. The monoisotopic (exact) mass is 283 g/mol. The topological polar surface area (TPSA) is 42.2 Å². The van der Waals surface area contributed by atoms with Crippen molar-refractivity contribution in [2.24, 2.45) is 0 Å². The van der Waals surface area contributed by atoms with Crippen molar-refractivity contribution in [2.75, 3.05) is 6.54 Å². The Balaban J connectivity index is 1.79. The number of fused-ring (bicyclic) bond motifs is 1. The smallest absolute Gasteiger partial charge is 0.451 e. The highest BCUT2D eigenvalue weighted by Gasteiger charge is 2.35. The van der Waals surface area contributed by atoms with Crippen molar-refractivity contribution in [3.05, 3.63) is 47.4 Å². The highest BCUT2D eigenvalue weighted by atomic mass is 19.4. The summed E-state index contributed by atoms with van der Waals surface area (Å²) in [5, 5.41) is 0. The van der Waals surface area contributed by atoms with Crippen LogP contribution in [0.1, 0.15) is 22.8 Å². The first-order valence-corrected chi connectivity index (χ1v) is 6.19. The van der Waals surface area contributed by atoms with Crippen molar-refractivity contribution in [3.8, 4) is 0 Å². The third-order valence-corrected chi connectivity index (χ3v) is 3.24. The van der Waals surface area contributed by atoms with Crippen LogP contribution in [0.2, 0.25) is 0 Å². The Hall–Kier alpha value is -1.89. The maximum absolute atomic E-state index is 12.6. The predicted molar refractivity (Wildman–Crippen MR) is 63.6 cm³/mol. The van der Waals surface area contributed by atoms with Gasteiger partial charge in [0.25, 0.3) is 0 Å². The van der Waals surface area contributed by atoms with Crippen LogP contribution in [0.3, 0.4) is 0 Å². The third-order valence-electron chi connectivity index (χ3n) is 3.24. The highest BCUT2D eigenvalue weighted by Crippen LogP contribution is 2.28. The van der Waals surface area contributed by atoms with Gasteiger partial charge in [-0.25, -0.2) is 9.97 Å². The largest absolute Gasteiger partial charge is 0.468 e. The molecule has 0 amide bonds. The molecule has 1 aliphatic heterocycles. The van der Waals surface area contributed by atoms with Gasteiger partial charge in [-0.1, -0.05) is 0 Å². The van der Waals surface area contributed by atoms with Crippen molar-refractivity contribution < 1.29 is 17.6 Å². The molecule has 3 rings (SSSR count). The summed E-state index contributed by atoms with van der Waals surface area (Å²) in [6, 6.07) is 3.63. The molecule has 2 aromatic heterocycles. The predicted octanol–water partition coefficient (Wildman–Crippen LogP) is 2.65. The first-order valence-electron chi connectivity index (χ1n) is 6.19. The number of halogens is 3. The van der Waals surface area contributed by atoms with Crippen LogP contribution in [0.25, 0.3) is 0 Å². The number of nitrogens with zero attached hydrogens (tertiary/aromatic N) is 3. The van der Waals surface area contributed by atoms with E-state index in [0.29, 0.717) is 25.2 Å². The van der Waals surface area contributed by atoms with Crippen LogP contribution in [0.4, 0.5) is 13.2 Å². The Morgan fingerprint density at radius 1 is 1.35 bits per heavy atom. The van der Waals surface area contributed by atoms with Crippen LogP contribution in [-0.4, -0.2) is 21.4 Å². The quantitative estimate of drug-likeness (QED) is 0.849. The minimum absolute atomic E-state index is 0.377. The molecule has 2 aromatic rings. The van der Waals surface area contributed by atoms with Gasteiger partial charge in [-0.15, -0.1) is 0 Å². The average Bonchev–Trinajstić information content (AvgIpc) is 2.90. The van der Waals surface area contributed by atoms with Gasteiger partial charge in [0.05, 0.1) is 18.5 Å². The molecule has 0 aromatic carbocycles. The van der Waals surface area contributed by atoms with Gasteiger partial charge < -0.3 is 4.42 Å². The number of alkyl halides is 3. The van der Waals surface area contributed by atoms with E-state index in [2.05, 4.69) is 9.97 Å². The Morgan fingerprint density at radius 2 is 2.20 bits per heavy atom. The van der Waals surface area contributed by atoms with Crippen LogP contribution in [0, 0.1) is 0 Å². The van der Waals surface area contributed by atoms with Crippen LogP contribution < -0.4 is 0 Å². The number of rotatable bonds is 2. The minimum atomic E-state index is -4.50. The van der Waals surface area contributed by atoms with Gasteiger partial charge in [-0.3, -0.25) is 4.90 Å². The van der Waals surface area contributed by atoms with Crippen molar-refractivity contribution >= 4 is 0 Å². The van der Waals surface area contributed by atoms with E-state index in [-0.39, 0.29) is 0 Å². The number of hydrogen-bond acceptors (Lipinski definition) is 4. The molecule has 0 atom stereocenters. The average molecular weight is 283 g/mol. The Morgan fingerprint density at radius 3 is 2.90 bits per heavy atom. The zero-order chi connectivity index (χ0) is 14.2. The second kappa shape index (κ2) is 4.90. The van der Waals surface area contributed by atoms with Crippen LogP contribution in [-0.2, 0) is 25.7 Å². The second-order valence-corrected chi connectivity index (χ2v) is 4.70. The van der Waals surface area contributed by atoms with Gasteiger partial charge >= 0.3 is 6.18 Å². The summed E-state index contributed by atoms with van der Waals surface area (Å²) in [5.41, 5.74) is 1.24. The lowest BCUT2D eigenvalue weighted by molar-refractivity contribution is -0.145. The summed E-state index contributed by atoms with van der Waals surface area (Å²) < 4.78 is 43.1. The van der Waals surface area contributed by atoms with Crippen LogP contribution in [0.5, 0.6) is 0 Å². The molecule has 0 bridgehead atoms. The number of hydrogen-bond donors (Lipinski definition) is 0. The molecule has 20 heavy (non-hydrogen) atoms. The molecule has 4 nitrogen and oxygen atoms in total. The van der Waals surface area contributed by atoms with Gasteiger partial charge in [0.2, 0.25) is 5.82 Å². The first kappa shape index (κ1) is 13.1. The van der Waals surface area contributed by atoms with Crippen molar-refractivity contribution in [1.82, 2.24) is 14.9 Å². The molecular formula is C13H12F3N3O. The lowest BCUT2D eigenvalue weighted by atomic mass is 10.1. The second-order valence-electron chi connectivity index (χ2n) is 4.70. The Labute approximate surface area is 113 Å². The molecule has 0 spiro atoms. The van der Waals surface area contributed by atoms with Crippen molar-refractivity contribution in [1.29, 1.82) is 0 Å². The van der Waals surface area contributed by atoms with E-state index >= 15 is 0 Å². The van der Waals surface area contributed by atoms with E-state index in [4.69, 9.17) is 4.42 Å². The first-order chi connectivity index (χ1) is 9.52. The Kier molecular flexibility index (Phi) is 3.21. The summed E-state index contributed by atoms with van der Waals surface area (Å²) in [4.78, 5) is 9.05. The van der Waals surface area contributed by atoms with Gasteiger partial charge in [0, 0.05) is 19.3 Å². The van der Waals surface area contributed by atoms with E-state index < -0.39 is 12.0 Å². The van der Waals surface area contributed by atoms with E-state index in [1.165, 1.54) is 6.20 Å². The van der Waals surface area contributed by atoms with Crippen molar-refractivity contribution in [2.45, 2.75) is 25.7 Å². The zero-order valence-electron chi connectivity index (χ0n) is 10.5. The SMILES string of the molecule is FC(F)(F)c1ncc2c(n1)CN(Cc1ccco1)CC2. The zero-order valence-corrected chi connectivity index (χ0v) is 10.5. The molecule has 0 saturated heterocycles. The van der Waals surface area contributed by atoms with Crippen molar-refractivity contribution in [3.63, 3.8) is 0 Å². The lowest BCUT2D eigenvalue weighted by Gasteiger charge is -2.27. The van der Waals surface area contributed by atoms with Crippen LogP contribution in [0.15, 0.2) is 29.0 Å². The van der Waals surface area contributed by atoms with Gasteiger partial charge in [0.1, 0.15) is 5.76 Å². The normalized spacial score (nSPS) is 16.1. The molecule has 106 valence electrons. The molecular weight excluding hydrogens is 271 g/mol. The van der Waals surface area contributed by atoms with E-state index in [1.807, 2.05) is 11.0 Å². The fourth-order valence-corrected chi connectivity index (χ4v) is 2.25. The number of aromatic nitrogens is 2. The molecule has 3 heterocycles. The molecule has 0 N–H and O–H groups in total. The van der Waals surface area contributed by atoms with E-state index in [1.54, 1.807) is 12.3 Å². The highest BCUT2D eigenvalue weighted by molar-refractivity contribution is 5.21. The van der Waals surface area contributed by atoms with Gasteiger partial charge in [-0.05, 0) is 24.1 Å². The maximum atomic E-state index is 12.6. The Bertz CT molecular complexity index is 595. The molecule has 7 heteroatoms. The summed E-state index contributed by atoms with van der Waals surface area (Å²) in [5.74, 6) is -0.283. The molecule has 0 radical (unpaired) electrons. The molecule has 0 unspecified atom stereocenters. The molecule has 1 aliphatic rings. The molecule has 0 aliphatic carbocycles. The summed E-state index contributed by atoms with van der Waals surface area (Å²) >= 11 is 0. The standard InChI is InChI=1S/C13H12F3N3O/c14-13(15,16)12-17-6-9-3-4-19(8-11(9)18-12)7-10-2-1-5-20-10/h1-2,5-6H,3-4,7-8H2.